The Morgan fingerprint density at radius 1 is 1.18 bits per heavy atom. The Balaban J connectivity index is 1.21. The van der Waals surface area contributed by atoms with Gasteiger partial charge in [0, 0.05) is 6.61 Å². The summed E-state index contributed by atoms with van der Waals surface area (Å²) in [6, 6.07) is 4.09. The molecule has 0 saturated carbocycles. The Bertz CT molecular complexity index is 1230. The lowest BCUT2D eigenvalue weighted by atomic mass is 9.87. The lowest BCUT2D eigenvalue weighted by Gasteiger charge is -2.20. The van der Waals surface area contributed by atoms with Crippen molar-refractivity contribution in [3.63, 3.8) is 0 Å². The number of rotatable bonds is 10. The number of pyridine rings is 1. The number of nitrogens with one attached hydrogen (secondary N) is 1. The molecule has 1 aromatic heterocycles. The molecule has 0 amide bonds. The molecule has 12 heteroatoms. The number of aliphatic hydroxyl groups excluding tert-OH is 2. The molecule has 2 aromatic rings. The Morgan fingerprint density at radius 2 is 1.95 bits per heavy atom. The summed E-state index contributed by atoms with van der Waals surface area (Å²) in [5.74, 6) is -1.18. The normalized spacial score (nSPS) is 26.3. The van der Waals surface area contributed by atoms with Crippen molar-refractivity contribution in [3.8, 4) is 5.88 Å². The fraction of sp³-hybridized carbons (Fsp3) is 0.481. The molecule has 0 bridgehead atoms. The van der Waals surface area contributed by atoms with E-state index in [2.05, 4.69) is 22.0 Å². The van der Waals surface area contributed by atoms with E-state index in [1.807, 2.05) is 6.08 Å². The van der Waals surface area contributed by atoms with Gasteiger partial charge in [-0.1, -0.05) is 17.7 Å². The smallest absolute Gasteiger partial charge is 0.235 e. The largest absolute Gasteiger partial charge is 0.471 e. The molecule has 9 nitrogen and oxygen atoms in total. The number of aromatic nitrogens is 1. The van der Waals surface area contributed by atoms with E-state index < -0.39 is 30.4 Å². The van der Waals surface area contributed by atoms with Gasteiger partial charge in [-0.05, 0) is 61.2 Å². The first-order chi connectivity index (χ1) is 18.9. The number of fused-ring (bicyclic) bond motifs is 1. The van der Waals surface area contributed by atoms with Gasteiger partial charge < -0.3 is 34.5 Å². The second kappa shape index (κ2) is 12.2. The van der Waals surface area contributed by atoms with Crippen molar-refractivity contribution in [3.05, 3.63) is 52.1 Å². The third-order valence-corrected chi connectivity index (χ3v) is 7.53. The fourth-order valence-corrected chi connectivity index (χ4v) is 5.22. The van der Waals surface area contributed by atoms with E-state index in [1.54, 1.807) is 0 Å². The van der Waals surface area contributed by atoms with E-state index in [4.69, 9.17) is 30.5 Å². The highest BCUT2D eigenvalue weighted by Crippen LogP contribution is 2.35. The van der Waals surface area contributed by atoms with Crippen LogP contribution in [0.3, 0.4) is 0 Å². The molecule has 39 heavy (non-hydrogen) atoms. The quantitative estimate of drug-likeness (QED) is 0.292. The minimum absolute atomic E-state index is 0.0529. The maximum absolute atomic E-state index is 14.9. The summed E-state index contributed by atoms with van der Waals surface area (Å²) < 4.78 is 52.2. The number of nitrogens with zero attached hydrogens (tertiary/aromatic N) is 2. The Morgan fingerprint density at radius 3 is 2.64 bits per heavy atom. The van der Waals surface area contributed by atoms with Crippen molar-refractivity contribution in [1.29, 1.82) is 0 Å². The van der Waals surface area contributed by atoms with Crippen LogP contribution in [0, 0.1) is 17.6 Å². The van der Waals surface area contributed by atoms with E-state index in [9.17, 15) is 19.0 Å². The molecule has 3 N–H and O–H groups in total. The van der Waals surface area contributed by atoms with Gasteiger partial charge in [0.2, 0.25) is 5.88 Å². The number of halogens is 3. The summed E-state index contributed by atoms with van der Waals surface area (Å²) in [6.07, 6.45) is 2.25. The van der Waals surface area contributed by atoms with Crippen LogP contribution in [0.5, 0.6) is 5.88 Å². The minimum Gasteiger partial charge on any atom is -0.471 e. The highest BCUT2D eigenvalue weighted by atomic mass is 35.5. The highest BCUT2D eigenvalue weighted by molar-refractivity contribution is 6.32. The molecule has 1 unspecified atom stereocenters. The number of hydrogen-bond donors (Lipinski definition) is 3. The van der Waals surface area contributed by atoms with Crippen LogP contribution in [0.15, 0.2) is 29.3 Å². The molecule has 5 rings (SSSR count). The Labute approximate surface area is 229 Å². The fourth-order valence-electron chi connectivity index (χ4n) is 5.01. The van der Waals surface area contributed by atoms with Gasteiger partial charge >= 0.3 is 0 Å². The molecule has 3 aliphatic rings. The van der Waals surface area contributed by atoms with Gasteiger partial charge in [-0.15, -0.1) is 0 Å². The molecule has 1 aliphatic carbocycles. The van der Waals surface area contributed by atoms with Gasteiger partial charge in [0.05, 0.1) is 24.5 Å². The first-order valence-electron chi connectivity index (χ1n) is 12.7. The van der Waals surface area contributed by atoms with Gasteiger partial charge in [-0.25, -0.2) is 13.8 Å². The van der Waals surface area contributed by atoms with Crippen LogP contribution in [0.4, 0.5) is 20.3 Å². The standard InChI is InChI=1S/C27H30ClF2N3O6/c1-31-26-21(32-13-39-23-12-37-24-22(35)11-36-25(23)24)8-18(28)27(33-26)38-10-17-19(29)6-16(7-20(17)30)15-4-2-14(9-34)3-5-15/h4,6-8,14,22-25,32,34-35H,1-3,5,9-13H2/t14?,22-,23-,24-,25-/m1/s1. The zero-order chi connectivity index (χ0) is 27.5. The van der Waals surface area contributed by atoms with Crippen LogP contribution in [-0.4, -0.2) is 72.9 Å². The first kappa shape index (κ1) is 27.9. The number of anilines is 1. The van der Waals surface area contributed by atoms with Gasteiger partial charge in [0.15, 0.2) is 5.82 Å². The predicted octanol–water partition coefficient (Wildman–Crippen LogP) is 4.01. The van der Waals surface area contributed by atoms with Crippen molar-refractivity contribution in [1.82, 2.24) is 4.98 Å². The zero-order valence-electron chi connectivity index (χ0n) is 21.1. The number of aliphatic imine (C=N–C) groups is 1. The Kier molecular flexibility index (Phi) is 8.75. The predicted molar refractivity (Wildman–Crippen MR) is 140 cm³/mol. The summed E-state index contributed by atoms with van der Waals surface area (Å²) in [5.41, 5.74) is 1.50. The molecule has 2 saturated heterocycles. The van der Waals surface area contributed by atoms with Gasteiger partial charge in [0.25, 0.3) is 0 Å². The van der Waals surface area contributed by atoms with E-state index >= 15 is 0 Å². The van der Waals surface area contributed by atoms with Crippen molar-refractivity contribution in [2.45, 2.75) is 50.3 Å². The molecule has 3 heterocycles. The molecule has 5 atom stereocenters. The molecular formula is C27H30ClF2N3O6. The molecule has 2 aliphatic heterocycles. The number of aliphatic hydroxyl groups is 2. The maximum atomic E-state index is 14.9. The van der Waals surface area contributed by atoms with Crippen LogP contribution >= 0.6 is 11.6 Å². The van der Waals surface area contributed by atoms with Crippen molar-refractivity contribution in [2.75, 3.05) is 31.9 Å². The topological polar surface area (TPSA) is 115 Å². The third kappa shape index (κ3) is 6.08. The number of benzene rings is 1. The SMILES string of the molecule is C=Nc1nc(OCc2c(F)cc(C3=CCC(CO)CC3)cc2F)c(Cl)cc1NCO[C@@H]1CO[C@H]2[C@@H]1OC[C@H]2O. The summed E-state index contributed by atoms with van der Waals surface area (Å²) in [7, 11) is 0. The molecule has 210 valence electrons. The van der Waals surface area contributed by atoms with E-state index in [-0.39, 0.29) is 60.4 Å². The van der Waals surface area contributed by atoms with Gasteiger partial charge in [-0.2, -0.15) is 4.98 Å². The third-order valence-electron chi connectivity index (χ3n) is 7.26. The summed E-state index contributed by atoms with van der Waals surface area (Å²) in [4.78, 5) is 8.11. The van der Waals surface area contributed by atoms with E-state index in [1.165, 1.54) is 18.2 Å². The Hall–Kier alpha value is -2.67. The average molecular weight is 566 g/mol. The van der Waals surface area contributed by atoms with E-state index in [0.29, 0.717) is 30.7 Å². The molecule has 0 spiro atoms. The highest BCUT2D eigenvalue weighted by Gasteiger charge is 2.47. The maximum Gasteiger partial charge on any atom is 0.235 e. The molecule has 2 fully saturated rings. The van der Waals surface area contributed by atoms with Crippen LogP contribution in [0.25, 0.3) is 5.57 Å². The zero-order valence-corrected chi connectivity index (χ0v) is 21.9. The number of allylic oxidation sites excluding steroid dienone is 2. The van der Waals surface area contributed by atoms with Crippen LogP contribution < -0.4 is 10.1 Å². The molecule has 0 radical (unpaired) electrons. The summed E-state index contributed by atoms with van der Waals surface area (Å²) in [5, 5.41) is 22.3. The van der Waals surface area contributed by atoms with Crippen molar-refractivity contribution >= 4 is 35.4 Å². The minimum atomic E-state index is -0.735. The molecular weight excluding hydrogens is 536 g/mol. The number of ether oxygens (including phenoxy) is 4. The summed E-state index contributed by atoms with van der Waals surface area (Å²) >= 11 is 6.34. The molecule has 1 aromatic carbocycles. The monoisotopic (exact) mass is 565 g/mol. The second-order valence-corrected chi connectivity index (χ2v) is 10.2. The number of hydrogen-bond acceptors (Lipinski definition) is 9. The second-order valence-electron chi connectivity index (χ2n) is 9.75. The van der Waals surface area contributed by atoms with Crippen molar-refractivity contribution < 1.29 is 37.9 Å². The van der Waals surface area contributed by atoms with Crippen LogP contribution in [0.1, 0.15) is 30.4 Å². The van der Waals surface area contributed by atoms with E-state index in [0.717, 1.165) is 12.0 Å². The van der Waals surface area contributed by atoms with Gasteiger partial charge in [-0.3, -0.25) is 0 Å². The average Bonchev–Trinajstić information content (AvgIpc) is 3.51. The van der Waals surface area contributed by atoms with Crippen LogP contribution in [-0.2, 0) is 20.8 Å². The van der Waals surface area contributed by atoms with Crippen LogP contribution in [0.2, 0.25) is 5.02 Å². The lowest BCUT2D eigenvalue weighted by Crippen LogP contribution is -2.33. The van der Waals surface area contributed by atoms with Crippen molar-refractivity contribution in [2.24, 2.45) is 10.9 Å². The summed E-state index contributed by atoms with van der Waals surface area (Å²) in [6.45, 7) is 3.73. The lowest BCUT2D eigenvalue weighted by molar-refractivity contribution is -0.0311. The first-order valence-corrected chi connectivity index (χ1v) is 13.1. The van der Waals surface area contributed by atoms with Gasteiger partial charge in [0.1, 0.15) is 54.4 Å².